The average molecular weight is 341 g/mol. The number of anilines is 2. The van der Waals surface area contributed by atoms with Gasteiger partial charge in [-0.3, -0.25) is 0 Å². The van der Waals surface area contributed by atoms with Crippen molar-refractivity contribution in [3.05, 3.63) is 60.1 Å². The van der Waals surface area contributed by atoms with Crippen molar-refractivity contribution in [3.63, 3.8) is 0 Å². The SMILES string of the molecule is Clc1ccccc1N1CCN(c2cc(-n3cccn3)ncn2)CC1. The van der Waals surface area contributed by atoms with Crippen molar-refractivity contribution in [1.82, 2.24) is 19.7 Å². The number of rotatable bonds is 3. The zero-order valence-corrected chi connectivity index (χ0v) is 13.8. The molecule has 3 heterocycles. The molecule has 1 aliphatic rings. The van der Waals surface area contributed by atoms with Crippen molar-refractivity contribution in [2.45, 2.75) is 0 Å². The van der Waals surface area contributed by atoms with Crippen LogP contribution < -0.4 is 9.80 Å². The fraction of sp³-hybridized carbons (Fsp3) is 0.235. The molecule has 0 spiro atoms. The number of para-hydroxylation sites is 1. The summed E-state index contributed by atoms with van der Waals surface area (Å²) in [6.07, 6.45) is 5.21. The van der Waals surface area contributed by atoms with E-state index in [9.17, 15) is 0 Å². The van der Waals surface area contributed by atoms with E-state index >= 15 is 0 Å². The number of nitrogens with zero attached hydrogens (tertiary/aromatic N) is 6. The van der Waals surface area contributed by atoms with Gasteiger partial charge in [-0.2, -0.15) is 5.10 Å². The van der Waals surface area contributed by atoms with Gasteiger partial charge >= 0.3 is 0 Å². The number of halogens is 1. The Morgan fingerprint density at radius 3 is 2.38 bits per heavy atom. The third-order valence-corrected chi connectivity index (χ3v) is 4.49. The monoisotopic (exact) mass is 340 g/mol. The van der Waals surface area contributed by atoms with E-state index in [4.69, 9.17) is 11.6 Å². The summed E-state index contributed by atoms with van der Waals surface area (Å²) in [5.41, 5.74) is 1.10. The summed E-state index contributed by atoms with van der Waals surface area (Å²) in [5.74, 6) is 1.70. The van der Waals surface area contributed by atoms with Crippen LogP contribution in [-0.4, -0.2) is 45.9 Å². The van der Waals surface area contributed by atoms with E-state index in [2.05, 4.69) is 30.9 Å². The second-order valence-electron chi connectivity index (χ2n) is 5.61. The van der Waals surface area contributed by atoms with Gasteiger partial charge < -0.3 is 9.80 Å². The minimum atomic E-state index is 0.776. The number of piperazine rings is 1. The average Bonchev–Trinajstić information content (AvgIpc) is 3.17. The number of aromatic nitrogens is 4. The summed E-state index contributed by atoms with van der Waals surface area (Å²) in [5, 5.41) is 5.02. The van der Waals surface area contributed by atoms with Gasteiger partial charge in [0.2, 0.25) is 0 Å². The minimum Gasteiger partial charge on any atom is -0.367 e. The Labute approximate surface area is 145 Å². The molecule has 0 atom stereocenters. The van der Waals surface area contributed by atoms with E-state index in [1.54, 1.807) is 17.2 Å². The number of hydrogen-bond donors (Lipinski definition) is 0. The van der Waals surface area contributed by atoms with Gasteiger partial charge in [0.15, 0.2) is 5.82 Å². The Kier molecular flexibility index (Phi) is 4.04. The van der Waals surface area contributed by atoms with Crippen LogP contribution in [0.1, 0.15) is 0 Å². The Balaban J connectivity index is 1.48. The highest BCUT2D eigenvalue weighted by atomic mass is 35.5. The maximum absolute atomic E-state index is 6.30. The van der Waals surface area contributed by atoms with Crippen LogP contribution in [0.4, 0.5) is 11.5 Å². The summed E-state index contributed by atoms with van der Waals surface area (Å²) in [7, 11) is 0. The van der Waals surface area contributed by atoms with E-state index in [-0.39, 0.29) is 0 Å². The maximum atomic E-state index is 6.30. The molecule has 0 bridgehead atoms. The number of hydrogen-bond acceptors (Lipinski definition) is 5. The van der Waals surface area contributed by atoms with E-state index < -0.39 is 0 Å². The van der Waals surface area contributed by atoms with Gasteiger partial charge in [-0.25, -0.2) is 14.6 Å². The molecule has 0 aliphatic carbocycles. The molecule has 0 unspecified atom stereocenters. The molecule has 0 amide bonds. The fourth-order valence-corrected chi connectivity index (χ4v) is 3.18. The summed E-state index contributed by atoms with van der Waals surface area (Å²) in [6.45, 7) is 3.59. The predicted octanol–water partition coefficient (Wildman–Crippen LogP) is 2.64. The molecule has 0 radical (unpaired) electrons. The highest BCUT2D eigenvalue weighted by Gasteiger charge is 2.20. The lowest BCUT2D eigenvalue weighted by Gasteiger charge is -2.37. The molecule has 122 valence electrons. The van der Waals surface area contributed by atoms with Gasteiger partial charge in [0.1, 0.15) is 12.1 Å². The maximum Gasteiger partial charge on any atom is 0.158 e. The smallest absolute Gasteiger partial charge is 0.158 e. The van der Waals surface area contributed by atoms with Crippen molar-refractivity contribution < 1.29 is 0 Å². The molecule has 1 aliphatic heterocycles. The molecule has 3 aromatic rings. The zero-order valence-electron chi connectivity index (χ0n) is 13.1. The molecular weight excluding hydrogens is 324 g/mol. The van der Waals surface area contributed by atoms with E-state index in [1.807, 2.05) is 36.5 Å². The molecule has 1 saturated heterocycles. The molecule has 2 aromatic heterocycles. The Morgan fingerprint density at radius 1 is 0.875 bits per heavy atom. The quantitative estimate of drug-likeness (QED) is 0.733. The summed E-state index contributed by atoms with van der Waals surface area (Å²) >= 11 is 6.30. The molecular formula is C17H17ClN6. The van der Waals surface area contributed by atoms with Gasteiger partial charge in [0, 0.05) is 44.6 Å². The minimum absolute atomic E-state index is 0.776. The van der Waals surface area contributed by atoms with Crippen LogP contribution in [-0.2, 0) is 0 Å². The number of benzene rings is 1. The third-order valence-electron chi connectivity index (χ3n) is 4.17. The second-order valence-corrected chi connectivity index (χ2v) is 6.02. The lowest BCUT2D eigenvalue weighted by Crippen LogP contribution is -2.47. The molecule has 7 heteroatoms. The summed E-state index contributed by atoms with van der Waals surface area (Å²) in [6, 6.07) is 11.8. The lowest BCUT2D eigenvalue weighted by molar-refractivity contribution is 0.646. The van der Waals surface area contributed by atoms with Crippen LogP contribution in [0.2, 0.25) is 5.02 Å². The zero-order chi connectivity index (χ0) is 16.4. The first kappa shape index (κ1) is 15.0. The van der Waals surface area contributed by atoms with Gasteiger partial charge in [0.25, 0.3) is 0 Å². The lowest BCUT2D eigenvalue weighted by atomic mass is 10.2. The molecule has 24 heavy (non-hydrogen) atoms. The van der Waals surface area contributed by atoms with E-state index in [1.165, 1.54) is 0 Å². The van der Waals surface area contributed by atoms with Crippen molar-refractivity contribution in [3.8, 4) is 5.82 Å². The summed E-state index contributed by atoms with van der Waals surface area (Å²) in [4.78, 5) is 13.3. The van der Waals surface area contributed by atoms with Crippen LogP contribution in [0.15, 0.2) is 55.1 Å². The van der Waals surface area contributed by atoms with Gasteiger partial charge in [0.05, 0.1) is 10.7 Å². The Bertz CT molecular complexity index is 811. The van der Waals surface area contributed by atoms with Gasteiger partial charge in [-0.1, -0.05) is 23.7 Å². The van der Waals surface area contributed by atoms with Gasteiger partial charge in [-0.05, 0) is 18.2 Å². The highest BCUT2D eigenvalue weighted by Crippen LogP contribution is 2.26. The van der Waals surface area contributed by atoms with E-state index in [0.717, 1.165) is 48.5 Å². The van der Waals surface area contributed by atoms with Crippen molar-refractivity contribution in [2.24, 2.45) is 0 Å². The van der Waals surface area contributed by atoms with Crippen LogP contribution in [0.5, 0.6) is 0 Å². The normalized spacial score (nSPS) is 14.9. The molecule has 1 aromatic carbocycles. The first-order valence-electron chi connectivity index (χ1n) is 7.88. The third kappa shape index (κ3) is 2.92. The van der Waals surface area contributed by atoms with Crippen molar-refractivity contribution in [2.75, 3.05) is 36.0 Å². The highest BCUT2D eigenvalue weighted by molar-refractivity contribution is 6.33. The predicted molar refractivity (Wildman–Crippen MR) is 95.0 cm³/mol. The summed E-state index contributed by atoms with van der Waals surface area (Å²) < 4.78 is 1.74. The van der Waals surface area contributed by atoms with Crippen LogP contribution >= 0.6 is 11.6 Å². The fourth-order valence-electron chi connectivity index (χ4n) is 2.92. The van der Waals surface area contributed by atoms with Crippen molar-refractivity contribution in [1.29, 1.82) is 0 Å². The van der Waals surface area contributed by atoms with Crippen molar-refractivity contribution >= 4 is 23.1 Å². The molecule has 4 rings (SSSR count). The Hall–Kier alpha value is -2.60. The first-order valence-corrected chi connectivity index (χ1v) is 8.25. The second kappa shape index (κ2) is 6.49. The topological polar surface area (TPSA) is 50.1 Å². The molecule has 6 nitrogen and oxygen atoms in total. The molecule has 0 N–H and O–H groups in total. The van der Waals surface area contributed by atoms with E-state index in [0.29, 0.717) is 0 Å². The first-order chi connectivity index (χ1) is 11.8. The largest absolute Gasteiger partial charge is 0.367 e. The molecule has 0 saturated carbocycles. The van der Waals surface area contributed by atoms with Gasteiger partial charge in [-0.15, -0.1) is 0 Å². The Morgan fingerprint density at radius 2 is 1.62 bits per heavy atom. The standard InChI is InChI=1S/C17H17ClN6/c18-14-4-1-2-5-15(14)22-8-10-23(11-9-22)16-12-17(20-13-19-16)24-7-3-6-21-24/h1-7,12-13H,8-11H2. The van der Waals surface area contributed by atoms with Crippen LogP contribution in [0, 0.1) is 0 Å². The molecule has 1 fully saturated rings. The van der Waals surface area contributed by atoms with Crippen LogP contribution in [0.3, 0.4) is 0 Å². The van der Waals surface area contributed by atoms with Crippen LogP contribution in [0.25, 0.3) is 5.82 Å².